The van der Waals surface area contributed by atoms with Crippen molar-refractivity contribution in [2.45, 2.75) is 26.4 Å². The Morgan fingerprint density at radius 3 is 2.86 bits per heavy atom. The van der Waals surface area contributed by atoms with Crippen LogP contribution < -0.4 is 4.74 Å². The first-order valence-electron chi connectivity index (χ1n) is 5.07. The third-order valence-corrected chi connectivity index (χ3v) is 2.51. The summed E-state index contributed by atoms with van der Waals surface area (Å²) in [5, 5.41) is 0. The van der Waals surface area contributed by atoms with E-state index in [2.05, 4.69) is 26.0 Å². The molecule has 0 spiro atoms. The van der Waals surface area contributed by atoms with E-state index in [-0.39, 0.29) is 6.10 Å². The highest BCUT2D eigenvalue weighted by atomic mass is 16.5. The molecule has 1 unspecified atom stereocenters. The minimum absolute atomic E-state index is 0.247. The molecule has 1 heterocycles. The Morgan fingerprint density at radius 2 is 2.21 bits per heavy atom. The van der Waals surface area contributed by atoms with E-state index >= 15 is 0 Å². The lowest BCUT2D eigenvalue weighted by Crippen LogP contribution is -2.16. The first-order valence-corrected chi connectivity index (χ1v) is 5.07. The largest absolute Gasteiger partial charge is 0.488 e. The van der Waals surface area contributed by atoms with Gasteiger partial charge in [0.05, 0.1) is 13.2 Å². The van der Waals surface area contributed by atoms with Crippen molar-refractivity contribution in [3.63, 3.8) is 0 Å². The van der Waals surface area contributed by atoms with E-state index in [0.29, 0.717) is 0 Å². The summed E-state index contributed by atoms with van der Waals surface area (Å²) >= 11 is 0. The van der Waals surface area contributed by atoms with E-state index in [9.17, 15) is 0 Å². The van der Waals surface area contributed by atoms with Crippen LogP contribution in [0.25, 0.3) is 0 Å². The second-order valence-corrected chi connectivity index (χ2v) is 3.87. The Hall–Kier alpha value is -1.02. The molecule has 0 bridgehead atoms. The van der Waals surface area contributed by atoms with Crippen molar-refractivity contribution < 1.29 is 9.47 Å². The van der Waals surface area contributed by atoms with Crippen molar-refractivity contribution in [1.29, 1.82) is 0 Å². The van der Waals surface area contributed by atoms with Gasteiger partial charge in [0.15, 0.2) is 0 Å². The quantitative estimate of drug-likeness (QED) is 0.716. The predicted octanol–water partition coefficient (Wildman–Crippen LogP) is 2.47. The maximum Gasteiger partial charge on any atom is 0.124 e. The van der Waals surface area contributed by atoms with Crippen LogP contribution in [0.15, 0.2) is 18.2 Å². The van der Waals surface area contributed by atoms with Crippen molar-refractivity contribution in [2.75, 3.05) is 13.2 Å². The topological polar surface area (TPSA) is 18.5 Å². The monoisotopic (exact) mass is 192 g/mol. The Morgan fingerprint density at radius 1 is 1.36 bits per heavy atom. The van der Waals surface area contributed by atoms with E-state index in [1.165, 1.54) is 11.1 Å². The van der Waals surface area contributed by atoms with E-state index in [1.54, 1.807) is 0 Å². The minimum Gasteiger partial charge on any atom is -0.488 e. The zero-order valence-electron chi connectivity index (χ0n) is 8.75. The molecule has 0 aromatic heterocycles. The van der Waals surface area contributed by atoms with Gasteiger partial charge < -0.3 is 9.47 Å². The summed E-state index contributed by atoms with van der Waals surface area (Å²) in [6, 6.07) is 6.27. The van der Waals surface area contributed by atoms with Gasteiger partial charge in [-0.05, 0) is 25.5 Å². The summed E-state index contributed by atoms with van der Waals surface area (Å²) in [7, 11) is 0. The van der Waals surface area contributed by atoms with Gasteiger partial charge in [-0.25, -0.2) is 0 Å². The molecule has 1 aliphatic heterocycles. The first-order chi connectivity index (χ1) is 6.75. The molecule has 0 N–H and O–H groups in total. The van der Waals surface area contributed by atoms with E-state index in [0.717, 1.165) is 25.4 Å². The van der Waals surface area contributed by atoms with Gasteiger partial charge in [0, 0.05) is 6.42 Å². The molecule has 2 heteroatoms. The Bertz CT molecular complexity index is 314. The van der Waals surface area contributed by atoms with Gasteiger partial charge in [0.1, 0.15) is 11.9 Å². The summed E-state index contributed by atoms with van der Waals surface area (Å²) in [4.78, 5) is 0. The van der Waals surface area contributed by atoms with Gasteiger partial charge in [-0.1, -0.05) is 17.7 Å². The second kappa shape index (κ2) is 4.01. The van der Waals surface area contributed by atoms with E-state index in [1.807, 2.05) is 6.07 Å². The van der Waals surface area contributed by atoms with Crippen LogP contribution in [-0.2, 0) is 4.74 Å². The second-order valence-electron chi connectivity index (χ2n) is 3.87. The maximum atomic E-state index is 5.84. The standard InChI is InChI=1S/C12H16O2/c1-9-3-4-12(10(2)7-9)14-11-5-6-13-8-11/h3-4,7,11H,5-6,8H2,1-2H3. The summed E-state index contributed by atoms with van der Waals surface area (Å²) in [6.45, 7) is 5.73. The molecule has 76 valence electrons. The average Bonchev–Trinajstić information content (AvgIpc) is 2.62. The van der Waals surface area contributed by atoms with Crippen LogP contribution in [0.1, 0.15) is 17.5 Å². The van der Waals surface area contributed by atoms with Gasteiger partial charge in [-0.2, -0.15) is 0 Å². The summed E-state index contributed by atoms with van der Waals surface area (Å²) in [5.74, 6) is 0.992. The highest BCUT2D eigenvalue weighted by Crippen LogP contribution is 2.22. The van der Waals surface area contributed by atoms with Crippen LogP contribution in [0, 0.1) is 13.8 Å². The predicted molar refractivity (Wildman–Crippen MR) is 55.8 cm³/mol. The van der Waals surface area contributed by atoms with Gasteiger partial charge in [0.2, 0.25) is 0 Å². The van der Waals surface area contributed by atoms with Crippen molar-refractivity contribution in [3.05, 3.63) is 29.3 Å². The zero-order chi connectivity index (χ0) is 9.97. The molecule has 0 amide bonds. The molecule has 1 aromatic rings. The highest BCUT2D eigenvalue weighted by Gasteiger charge is 2.17. The Labute approximate surface area is 84.8 Å². The van der Waals surface area contributed by atoms with Crippen molar-refractivity contribution in [2.24, 2.45) is 0 Å². The minimum atomic E-state index is 0.247. The lowest BCUT2D eigenvalue weighted by Gasteiger charge is -2.14. The summed E-state index contributed by atoms with van der Waals surface area (Å²) in [6.07, 6.45) is 1.25. The summed E-state index contributed by atoms with van der Waals surface area (Å²) in [5.41, 5.74) is 2.48. The molecule has 1 saturated heterocycles. The molecule has 0 saturated carbocycles. The molecular formula is C12H16O2. The fraction of sp³-hybridized carbons (Fsp3) is 0.500. The summed E-state index contributed by atoms with van der Waals surface area (Å²) < 4.78 is 11.1. The number of benzene rings is 1. The molecule has 2 nitrogen and oxygen atoms in total. The average molecular weight is 192 g/mol. The fourth-order valence-electron chi connectivity index (χ4n) is 1.72. The number of hydrogen-bond donors (Lipinski definition) is 0. The lowest BCUT2D eigenvalue weighted by molar-refractivity contribution is 0.141. The smallest absolute Gasteiger partial charge is 0.124 e. The third kappa shape index (κ3) is 2.07. The van der Waals surface area contributed by atoms with Crippen LogP contribution in [-0.4, -0.2) is 19.3 Å². The Kier molecular flexibility index (Phi) is 2.73. The van der Waals surface area contributed by atoms with Crippen molar-refractivity contribution in [1.82, 2.24) is 0 Å². The Balaban J connectivity index is 2.08. The third-order valence-electron chi connectivity index (χ3n) is 2.51. The van der Waals surface area contributed by atoms with Crippen molar-refractivity contribution >= 4 is 0 Å². The molecule has 2 rings (SSSR count). The maximum absolute atomic E-state index is 5.84. The lowest BCUT2D eigenvalue weighted by atomic mass is 10.1. The van der Waals surface area contributed by atoms with Crippen LogP contribution in [0.4, 0.5) is 0 Å². The van der Waals surface area contributed by atoms with Crippen LogP contribution >= 0.6 is 0 Å². The highest BCUT2D eigenvalue weighted by molar-refractivity contribution is 5.35. The molecule has 0 aliphatic carbocycles. The molecule has 0 radical (unpaired) electrons. The number of hydrogen-bond acceptors (Lipinski definition) is 2. The molecule has 1 aliphatic rings. The molecule has 1 fully saturated rings. The normalized spacial score (nSPS) is 21.1. The van der Waals surface area contributed by atoms with Crippen LogP contribution in [0.5, 0.6) is 5.75 Å². The van der Waals surface area contributed by atoms with Crippen LogP contribution in [0.3, 0.4) is 0 Å². The first kappa shape index (κ1) is 9.53. The van der Waals surface area contributed by atoms with Gasteiger partial charge in [0.25, 0.3) is 0 Å². The zero-order valence-corrected chi connectivity index (χ0v) is 8.75. The van der Waals surface area contributed by atoms with Crippen LogP contribution in [0.2, 0.25) is 0 Å². The number of aryl methyl sites for hydroxylation is 2. The fourth-order valence-corrected chi connectivity index (χ4v) is 1.72. The van der Waals surface area contributed by atoms with E-state index in [4.69, 9.17) is 9.47 Å². The van der Waals surface area contributed by atoms with E-state index < -0.39 is 0 Å². The van der Waals surface area contributed by atoms with Gasteiger partial charge >= 0.3 is 0 Å². The van der Waals surface area contributed by atoms with Gasteiger partial charge in [-0.15, -0.1) is 0 Å². The van der Waals surface area contributed by atoms with Gasteiger partial charge in [-0.3, -0.25) is 0 Å². The molecule has 1 aromatic carbocycles. The molecule has 1 atom stereocenters. The van der Waals surface area contributed by atoms with Crippen molar-refractivity contribution in [3.8, 4) is 5.75 Å². The molecular weight excluding hydrogens is 176 g/mol. The number of rotatable bonds is 2. The SMILES string of the molecule is Cc1ccc(OC2CCOC2)c(C)c1. The number of ether oxygens (including phenoxy) is 2. The molecule has 14 heavy (non-hydrogen) atoms.